The Kier molecular flexibility index (Phi) is 4.57. The fraction of sp³-hybridized carbons (Fsp3) is 0.429. The van der Waals surface area contributed by atoms with Crippen LogP contribution in [0.1, 0.15) is 18.2 Å². The number of methoxy groups -OCH3 is 1. The highest BCUT2D eigenvalue weighted by Crippen LogP contribution is 2.26. The summed E-state index contributed by atoms with van der Waals surface area (Å²) < 4.78 is 12.7. The van der Waals surface area contributed by atoms with Crippen molar-refractivity contribution in [3.8, 4) is 11.5 Å². The van der Waals surface area contributed by atoms with Crippen LogP contribution in [0.3, 0.4) is 0 Å². The number of ether oxygens (including phenoxy) is 2. The number of hydrogen-bond donors (Lipinski definition) is 1. The van der Waals surface area contributed by atoms with E-state index in [-0.39, 0.29) is 6.04 Å². The molecule has 0 saturated heterocycles. The van der Waals surface area contributed by atoms with E-state index in [0.717, 1.165) is 29.2 Å². The molecule has 6 heteroatoms. The minimum Gasteiger partial charge on any atom is -0.497 e. The third-order valence-corrected chi connectivity index (χ3v) is 2.84. The number of benzene rings is 1. The molecule has 2 aromatic rings. The molecule has 0 radical (unpaired) electrons. The Morgan fingerprint density at radius 3 is 2.80 bits per heavy atom. The molecule has 0 fully saturated rings. The van der Waals surface area contributed by atoms with Crippen LogP contribution in [0, 0.1) is 0 Å². The van der Waals surface area contributed by atoms with Gasteiger partial charge in [-0.2, -0.15) is 0 Å². The molecule has 20 heavy (non-hydrogen) atoms. The predicted octanol–water partition coefficient (Wildman–Crippen LogP) is 1.29. The molecule has 1 aromatic carbocycles. The van der Waals surface area contributed by atoms with E-state index in [1.807, 2.05) is 38.4 Å². The molecule has 1 aromatic heterocycles. The molecule has 0 aliphatic heterocycles. The Labute approximate surface area is 118 Å². The van der Waals surface area contributed by atoms with Crippen LogP contribution in [0.4, 0.5) is 0 Å². The van der Waals surface area contributed by atoms with Gasteiger partial charge in [0.2, 0.25) is 0 Å². The molecule has 0 bridgehead atoms. The molecule has 6 nitrogen and oxygen atoms in total. The number of aromatic nitrogens is 3. The van der Waals surface area contributed by atoms with Gasteiger partial charge in [-0.25, -0.2) is 0 Å². The van der Waals surface area contributed by atoms with Crippen LogP contribution in [-0.2, 0) is 20.1 Å². The third-order valence-electron chi connectivity index (χ3n) is 2.84. The van der Waals surface area contributed by atoms with Gasteiger partial charge in [0.25, 0.3) is 0 Å². The maximum absolute atomic E-state index is 5.86. The largest absolute Gasteiger partial charge is 0.497 e. The molecule has 2 N–H and O–H groups in total. The summed E-state index contributed by atoms with van der Waals surface area (Å²) in [6.07, 6.45) is 2.57. The lowest BCUT2D eigenvalue weighted by molar-refractivity contribution is 0.295. The zero-order chi connectivity index (χ0) is 14.5. The van der Waals surface area contributed by atoms with Gasteiger partial charge in [0.1, 0.15) is 23.8 Å². The van der Waals surface area contributed by atoms with Gasteiger partial charge >= 0.3 is 0 Å². The molecule has 0 aliphatic carbocycles. The number of hydrogen-bond acceptors (Lipinski definition) is 5. The van der Waals surface area contributed by atoms with Crippen molar-refractivity contribution in [1.29, 1.82) is 0 Å². The summed E-state index contributed by atoms with van der Waals surface area (Å²) in [6, 6.07) is 5.83. The van der Waals surface area contributed by atoms with Crippen LogP contribution in [0.5, 0.6) is 11.5 Å². The lowest BCUT2D eigenvalue weighted by atomic mass is 10.1. The lowest BCUT2D eigenvalue weighted by Crippen LogP contribution is -2.18. The van der Waals surface area contributed by atoms with Gasteiger partial charge in [-0.3, -0.25) is 4.68 Å². The summed E-state index contributed by atoms with van der Waals surface area (Å²) in [5, 5.41) is 7.87. The second kappa shape index (κ2) is 6.38. The first-order valence-corrected chi connectivity index (χ1v) is 6.49. The highest BCUT2D eigenvalue weighted by Gasteiger charge is 2.09. The first kappa shape index (κ1) is 14.3. The topological polar surface area (TPSA) is 75.2 Å². The molecule has 1 atom stereocenters. The SMILES string of the molecule is COc1ccc(CC(C)N)c(OCc2cn(C)nn2)c1. The average Bonchev–Trinajstić information content (AvgIpc) is 2.83. The number of aryl methyl sites for hydroxylation is 1. The lowest BCUT2D eigenvalue weighted by Gasteiger charge is -2.13. The van der Waals surface area contributed by atoms with Gasteiger partial charge in [0, 0.05) is 19.2 Å². The van der Waals surface area contributed by atoms with Crippen LogP contribution in [-0.4, -0.2) is 28.1 Å². The summed E-state index contributed by atoms with van der Waals surface area (Å²) in [7, 11) is 3.45. The molecule has 0 saturated carbocycles. The van der Waals surface area contributed by atoms with Crippen molar-refractivity contribution >= 4 is 0 Å². The normalized spacial score (nSPS) is 12.2. The molecule has 0 spiro atoms. The molecular formula is C14H20N4O2. The Hall–Kier alpha value is -2.08. The van der Waals surface area contributed by atoms with Crippen molar-refractivity contribution in [2.45, 2.75) is 26.0 Å². The minimum absolute atomic E-state index is 0.0715. The van der Waals surface area contributed by atoms with E-state index >= 15 is 0 Å². The van der Waals surface area contributed by atoms with E-state index in [4.69, 9.17) is 15.2 Å². The number of nitrogens with two attached hydrogens (primary N) is 1. The Balaban J connectivity index is 2.14. The molecule has 1 heterocycles. The van der Waals surface area contributed by atoms with E-state index in [0.29, 0.717) is 6.61 Å². The monoisotopic (exact) mass is 276 g/mol. The highest BCUT2D eigenvalue weighted by molar-refractivity contribution is 5.41. The van der Waals surface area contributed by atoms with Crippen LogP contribution >= 0.6 is 0 Å². The first-order valence-electron chi connectivity index (χ1n) is 6.49. The second-order valence-corrected chi connectivity index (χ2v) is 4.83. The molecule has 1 unspecified atom stereocenters. The molecule has 108 valence electrons. The smallest absolute Gasteiger partial charge is 0.134 e. The van der Waals surface area contributed by atoms with Gasteiger partial charge in [-0.1, -0.05) is 11.3 Å². The predicted molar refractivity (Wildman–Crippen MR) is 75.7 cm³/mol. The van der Waals surface area contributed by atoms with E-state index < -0.39 is 0 Å². The van der Waals surface area contributed by atoms with Gasteiger partial charge < -0.3 is 15.2 Å². The number of rotatable bonds is 6. The van der Waals surface area contributed by atoms with Crippen molar-refractivity contribution in [3.63, 3.8) is 0 Å². The van der Waals surface area contributed by atoms with E-state index in [9.17, 15) is 0 Å². The van der Waals surface area contributed by atoms with E-state index in [1.54, 1.807) is 11.8 Å². The molecule has 0 aliphatic rings. The fourth-order valence-corrected chi connectivity index (χ4v) is 1.92. The van der Waals surface area contributed by atoms with Gasteiger partial charge in [0.15, 0.2) is 0 Å². The Morgan fingerprint density at radius 2 is 2.20 bits per heavy atom. The third kappa shape index (κ3) is 3.71. The van der Waals surface area contributed by atoms with Crippen LogP contribution in [0.2, 0.25) is 0 Å². The average molecular weight is 276 g/mol. The van der Waals surface area contributed by atoms with Crippen LogP contribution in [0.15, 0.2) is 24.4 Å². The molecular weight excluding hydrogens is 256 g/mol. The Morgan fingerprint density at radius 1 is 1.40 bits per heavy atom. The highest BCUT2D eigenvalue weighted by atomic mass is 16.5. The summed E-state index contributed by atoms with van der Waals surface area (Å²) >= 11 is 0. The minimum atomic E-state index is 0.0715. The van der Waals surface area contributed by atoms with Crippen molar-refractivity contribution in [1.82, 2.24) is 15.0 Å². The quantitative estimate of drug-likeness (QED) is 0.860. The summed E-state index contributed by atoms with van der Waals surface area (Å²) in [5.74, 6) is 1.53. The maximum atomic E-state index is 5.86. The van der Waals surface area contributed by atoms with Crippen molar-refractivity contribution in [2.24, 2.45) is 12.8 Å². The number of nitrogens with zero attached hydrogens (tertiary/aromatic N) is 3. The Bertz CT molecular complexity index is 566. The summed E-state index contributed by atoms with van der Waals surface area (Å²) in [6.45, 7) is 2.34. The fourth-order valence-electron chi connectivity index (χ4n) is 1.92. The van der Waals surface area contributed by atoms with Gasteiger partial charge in [-0.05, 0) is 25.0 Å². The second-order valence-electron chi connectivity index (χ2n) is 4.83. The van der Waals surface area contributed by atoms with Crippen LogP contribution in [0.25, 0.3) is 0 Å². The van der Waals surface area contributed by atoms with E-state index in [1.165, 1.54) is 0 Å². The molecule has 0 amide bonds. The first-order chi connectivity index (χ1) is 9.58. The van der Waals surface area contributed by atoms with Crippen molar-refractivity contribution in [3.05, 3.63) is 35.7 Å². The van der Waals surface area contributed by atoms with Crippen molar-refractivity contribution in [2.75, 3.05) is 7.11 Å². The van der Waals surface area contributed by atoms with Gasteiger partial charge in [-0.15, -0.1) is 5.10 Å². The summed E-state index contributed by atoms with van der Waals surface area (Å²) in [5.41, 5.74) is 7.70. The summed E-state index contributed by atoms with van der Waals surface area (Å²) in [4.78, 5) is 0. The van der Waals surface area contributed by atoms with Gasteiger partial charge in [0.05, 0.1) is 13.3 Å². The van der Waals surface area contributed by atoms with E-state index in [2.05, 4.69) is 10.3 Å². The van der Waals surface area contributed by atoms with Crippen molar-refractivity contribution < 1.29 is 9.47 Å². The maximum Gasteiger partial charge on any atom is 0.134 e. The zero-order valence-corrected chi connectivity index (χ0v) is 12.0. The van der Waals surface area contributed by atoms with Crippen LogP contribution < -0.4 is 15.2 Å². The standard InChI is InChI=1S/C14H20N4O2/c1-10(15)6-11-4-5-13(19-3)7-14(11)20-9-12-8-18(2)17-16-12/h4-5,7-8,10H,6,9,15H2,1-3H3. The molecule has 2 rings (SSSR count). The zero-order valence-electron chi connectivity index (χ0n) is 12.0.